The van der Waals surface area contributed by atoms with E-state index in [1.807, 2.05) is 0 Å². The van der Waals surface area contributed by atoms with Crippen LogP contribution in [0.25, 0.3) is 6.08 Å². The first-order valence-electron chi connectivity index (χ1n) is 10.3. The molecule has 3 aromatic rings. The maximum atomic E-state index is 13.0. The van der Waals surface area contributed by atoms with E-state index in [9.17, 15) is 18.8 Å². The third-order valence-electron chi connectivity index (χ3n) is 4.89. The molecule has 1 aliphatic heterocycles. The van der Waals surface area contributed by atoms with Crippen molar-refractivity contribution in [3.8, 4) is 5.75 Å². The van der Waals surface area contributed by atoms with Crippen molar-refractivity contribution in [1.29, 1.82) is 0 Å². The summed E-state index contributed by atoms with van der Waals surface area (Å²) in [6.45, 7) is -0.187. The molecule has 1 heterocycles. The Hall–Kier alpha value is -3.33. The summed E-state index contributed by atoms with van der Waals surface area (Å²) in [5, 5.41) is 3.04. The van der Waals surface area contributed by atoms with Crippen LogP contribution in [0.3, 0.4) is 0 Å². The van der Waals surface area contributed by atoms with Crippen LogP contribution in [0.5, 0.6) is 5.75 Å². The fraction of sp³-hybridized carbons (Fsp3) is 0.0800. The number of thioether (sulfide) groups is 1. The Morgan fingerprint density at radius 1 is 1.03 bits per heavy atom. The van der Waals surface area contributed by atoms with E-state index < -0.39 is 29.4 Å². The number of anilines is 1. The Bertz CT molecular complexity index is 1310. The average molecular weight is 531 g/mol. The Morgan fingerprint density at radius 2 is 1.74 bits per heavy atom. The normalized spacial score (nSPS) is 14.5. The van der Waals surface area contributed by atoms with Crippen molar-refractivity contribution in [1.82, 2.24) is 4.90 Å². The van der Waals surface area contributed by atoms with Gasteiger partial charge in [-0.25, -0.2) is 4.39 Å². The minimum atomic E-state index is -0.567. The molecule has 0 bridgehead atoms. The third kappa shape index (κ3) is 6.42. The maximum Gasteiger partial charge on any atom is 0.294 e. The summed E-state index contributed by atoms with van der Waals surface area (Å²) in [5.41, 5.74) is 1.83. The number of amides is 3. The zero-order chi connectivity index (χ0) is 24.9. The van der Waals surface area contributed by atoms with Crippen LogP contribution in [0.15, 0.2) is 71.6 Å². The van der Waals surface area contributed by atoms with Crippen molar-refractivity contribution in [2.24, 2.45) is 0 Å². The van der Waals surface area contributed by atoms with E-state index in [4.69, 9.17) is 27.9 Å². The van der Waals surface area contributed by atoms with Gasteiger partial charge in [-0.3, -0.25) is 19.3 Å². The molecule has 4 rings (SSSR count). The Morgan fingerprint density at radius 3 is 2.43 bits per heavy atom. The summed E-state index contributed by atoms with van der Waals surface area (Å²) in [5.74, 6) is -0.974. The van der Waals surface area contributed by atoms with Gasteiger partial charge in [-0.1, -0.05) is 41.4 Å². The van der Waals surface area contributed by atoms with Gasteiger partial charge in [0, 0.05) is 21.3 Å². The number of ether oxygens (including phenoxy) is 1. The molecule has 0 spiro atoms. The molecule has 6 nitrogen and oxygen atoms in total. The topological polar surface area (TPSA) is 75.7 Å². The molecule has 3 aromatic carbocycles. The van der Waals surface area contributed by atoms with E-state index in [1.54, 1.807) is 48.5 Å². The molecule has 0 atom stereocenters. The van der Waals surface area contributed by atoms with Gasteiger partial charge in [0.15, 0.2) is 0 Å². The molecule has 10 heteroatoms. The fourth-order valence-corrected chi connectivity index (χ4v) is 4.43. The predicted octanol–water partition coefficient (Wildman–Crippen LogP) is 6.39. The zero-order valence-corrected chi connectivity index (χ0v) is 20.3. The van der Waals surface area contributed by atoms with E-state index in [2.05, 4.69) is 5.32 Å². The molecular formula is C25H17Cl2FN2O4S. The average Bonchev–Trinajstić information content (AvgIpc) is 3.08. The van der Waals surface area contributed by atoms with Crippen molar-refractivity contribution >= 4 is 63.8 Å². The first kappa shape index (κ1) is 24.8. The van der Waals surface area contributed by atoms with Crippen molar-refractivity contribution in [3.63, 3.8) is 0 Å². The van der Waals surface area contributed by atoms with Crippen molar-refractivity contribution in [3.05, 3.63) is 98.6 Å². The minimum Gasteiger partial charge on any atom is -0.489 e. The third-order valence-corrected chi connectivity index (χ3v) is 6.38. The number of hydrogen-bond acceptors (Lipinski definition) is 5. The number of carbonyl (C=O) groups excluding carboxylic acids is 3. The van der Waals surface area contributed by atoms with Gasteiger partial charge in [0.25, 0.3) is 11.1 Å². The van der Waals surface area contributed by atoms with Gasteiger partial charge in [-0.15, -0.1) is 0 Å². The first-order valence-corrected chi connectivity index (χ1v) is 11.8. The van der Waals surface area contributed by atoms with Gasteiger partial charge in [0.1, 0.15) is 24.7 Å². The van der Waals surface area contributed by atoms with E-state index in [1.165, 1.54) is 24.3 Å². The van der Waals surface area contributed by atoms with Gasteiger partial charge in [0.05, 0.1) is 4.91 Å². The molecule has 1 aliphatic rings. The molecule has 1 saturated heterocycles. The first-order chi connectivity index (χ1) is 16.8. The lowest BCUT2D eigenvalue weighted by Gasteiger charge is -2.12. The highest BCUT2D eigenvalue weighted by Crippen LogP contribution is 2.32. The molecule has 0 radical (unpaired) electrons. The van der Waals surface area contributed by atoms with Crippen molar-refractivity contribution < 1.29 is 23.5 Å². The lowest BCUT2D eigenvalue weighted by molar-refractivity contribution is -0.127. The summed E-state index contributed by atoms with van der Waals surface area (Å²) in [6, 6.07) is 17.3. The van der Waals surface area contributed by atoms with Gasteiger partial charge >= 0.3 is 0 Å². The summed E-state index contributed by atoms with van der Waals surface area (Å²) in [4.78, 5) is 38.3. The van der Waals surface area contributed by atoms with Crippen LogP contribution < -0.4 is 10.1 Å². The highest BCUT2D eigenvalue weighted by molar-refractivity contribution is 8.18. The molecule has 0 aliphatic carbocycles. The van der Waals surface area contributed by atoms with Gasteiger partial charge < -0.3 is 10.1 Å². The molecule has 3 amide bonds. The van der Waals surface area contributed by atoms with Gasteiger partial charge in [-0.2, -0.15) is 0 Å². The number of nitrogens with zero attached hydrogens (tertiary/aromatic N) is 1. The number of imide groups is 1. The molecule has 178 valence electrons. The minimum absolute atomic E-state index is 0.200. The van der Waals surface area contributed by atoms with E-state index >= 15 is 0 Å². The van der Waals surface area contributed by atoms with Crippen molar-refractivity contribution in [2.45, 2.75) is 6.61 Å². The molecule has 35 heavy (non-hydrogen) atoms. The molecular weight excluding hydrogens is 514 g/mol. The largest absolute Gasteiger partial charge is 0.489 e. The van der Waals surface area contributed by atoms with Crippen molar-refractivity contribution in [2.75, 3.05) is 11.9 Å². The van der Waals surface area contributed by atoms with Crippen LogP contribution in [-0.4, -0.2) is 28.5 Å². The zero-order valence-electron chi connectivity index (χ0n) is 18.0. The molecule has 0 aromatic heterocycles. The van der Waals surface area contributed by atoms with Crippen LogP contribution in [0.4, 0.5) is 14.9 Å². The number of hydrogen-bond donors (Lipinski definition) is 1. The summed E-state index contributed by atoms with van der Waals surface area (Å²) >= 11 is 12.8. The fourth-order valence-electron chi connectivity index (χ4n) is 3.13. The van der Waals surface area contributed by atoms with Crippen LogP contribution in [0.1, 0.15) is 11.1 Å². The van der Waals surface area contributed by atoms with E-state index in [0.29, 0.717) is 27.0 Å². The number of carbonyl (C=O) groups is 3. The highest BCUT2D eigenvalue weighted by Gasteiger charge is 2.36. The Labute approximate surface area is 214 Å². The van der Waals surface area contributed by atoms with E-state index in [-0.39, 0.29) is 11.5 Å². The second-order valence-corrected chi connectivity index (χ2v) is 9.25. The quantitative estimate of drug-likeness (QED) is 0.358. The van der Waals surface area contributed by atoms with E-state index in [0.717, 1.165) is 22.2 Å². The lowest BCUT2D eigenvalue weighted by Crippen LogP contribution is -2.36. The summed E-state index contributed by atoms with van der Waals surface area (Å²) < 4.78 is 18.7. The molecule has 0 unspecified atom stereocenters. The maximum absolute atomic E-state index is 13.0. The number of benzene rings is 3. The van der Waals surface area contributed by atoms with Crippen LogP contribution in [-0.2, 0) is 16.2 Å². The molecule has 0 saturated carbocycles. The summed E-state index contributed by atoms with van der Waals surface area (Å²) in [6.07, 6.45) is 1.57. The molecule has 1 N–H and O–H groups in total. The second kappa shape index (κ2) is 10.9. The SMILES string of the molecule is O=C(CN1C(=O)S/C(=C\c2ccc(OCc3ccc(Cl)cc3Cl)cc2)C1=O)Nc1ccc(F)cc1. The smallest absolute Gasteiger partial charge is 0.294 e. The van der Waals surface area contributed by atoms with Gasteiger partial charge in [0.2, 0.25) is 5.91 Å². The summed E-state index contributed by atoms with van der Waals surface area (Å²) in [7, 11) is 0. The number of rotatable bonds is 7. The van der Waals surface area contributed by atoms with Crippen LogP contribution in [0, 0.1) is 5.82 Å². The standard InChI is InChI=1S/C25H17Cl2FN2O4S/c26-17-4-3-16(21(27)12-17)14-34-20-9-1-15(2-10-20)11-22-24(32)30(25(33)35-22)13-23(31)29-19-7-5-18(28)6-8-19/h1-12H,13-14H2,(H,29,31)/b22-11-. The van der Waals surface area contributed by atoms with Crippen LogP contribution >= 0.6 is 35.0 Å². The lowest BCUT2D eigenvalue weighted by atomic mass is 10.2. The monoisotopic (exact) mass is 530 g/mol. The van der Waals surface area contributed by atoms with Gasteiger partial charge in [-0.05, 0) is 71.9 Å². The Kier molecular flexibility index (Phi) is 7.75. The molecule has 1 fully saturated rings. The Balaban J connectivity index is 1.35. The number of nitrogens with one attached hydrogen (secondary N) is 1. The van der Waals surface area contributed by atoms with Crippen LogP contribution in [0.2, 0.25) is 10.0 Å². The predicted molar refractivity (Wildman–Crippen MR) is 135 cm³/mol. The number of halogens is 3. The highest BCUT2D eigenvalue weighted by atomic mass is 35.5. The second-order valence-electron chi connectivity index (χ2n) is 7.42.